The molecule has 1 atom stereocenters. The molecule has 0 radical (unpaired) electrons. The summed E-state index contributed by atoms with van der Waals surface area (Å²) in [6.45, 7) is 7.58. The molecule has 0 aromatic heterocycles. The second-order valence-corrected chi connectivity index (χ2v) is 5.32. The molecule has 1 aromatic rings. The third-order valence-corrected chi connectivity index (χ3v) is 3.46. The van der Waals surface area contributed by atoms with Crippen LogP contribution in [-0.4, -0.2) is 12.6 Å². The second kappa shape index (κ2) is 6.48. The average molecular weight is 260 g/mol. The van der Waals surface area contributed by atoms with E-state index in [-0.39, 0.29) is 0 Å². The van der Waals surface area contributed by atoms with Crippen molar-refractivity contribution in [2.75, 3.05) is 6.54 Å². The molecule has 16 heavy (non-hydrogen) atoms. The molecule has 1 aromatic carbocycles. The molecule has 1 N–H and O–H groups in total. The third kappa shape index (κ3) is 4.32. The number of halogens is 2. The summed E-state index contributed by atoms with van der Waals surface area (Å²) in [7, 11) is 0. The minimum absolute atomic E-state index is 0.533. The molecule has 3 heteroatoms. The van der Waals surface area contributed by atoms with E-state index in [2.05, 4.69) is 26.1 Å². The highest BCUT2D eigenvalue weighted by atomic mass is 35.5. The number of nitrogens with one attached hydrogen (secondary N) is 1. The first-order valence-electron chi connectivity index (χ1n) is 5.68. The van der Waals surface area contributed by atoms with E-state index < -0.39 is 0 Å². The first-order valence-corrected chi connectivity index (χ1v) is 6.43. The van der Waals surface area contributed by atoms with Gasteiger partial charge in [0.15, 0.2) is 0 Å². The molecule has 0 amide bonds. The zero-order valence-corrected chi connectivity index (χ0v) is 11.6. The van der Waals surface area contributed by atoms with Crippen LogP contribution in [0.3, 0.4) is 0 Å². The van der Waals surface area contributed by atoms with E-state index in [9.17, 15) is 0 Å². The number of hydrogen-bond acceptors (Lipinski definition) is 1. The van der Waals surface area contributed by atoms with E-state index in [1.807, 2.05) is 12.1 Å². The van der Waals surface area contributed by atoms with E-state index >= 15 is 0 Å². The van der Waals surface area contributed by atoms with Gasteiger partial charge in [-0.1, -0.05) is 43.1 Å². The molecule has 0 heterocycles. The SMILES string of the molecule is CC(C)C(C)NCCc1ccc(Cl)cc1Cl. The van der Waals surface area contributed by atoms with Crippen molar-refractivity contribution in [1.82, 2.24) is 5.32 Å². The van der Waals surface area contributed by atoms with Gasteiger partial charge < -0.3 is 5.32 Å². The predicted molar refractivity (Wildman–Crippen MR) is 72.5 cm³/mol. The van der Waals surface area contributed by atoms with Gasteiger partial charge in [-0.3, -0.25) is 0 Å². The van der Waals surface area contributed by atoms with Gasteiger partial charge in [0.05, 0.1) is 0 Å². The van der Waals surface area contributed by atoms with Crippen molar-refractivity contribution in [1.29, 1.82) is 0 Å². The molecule has 0 saturated heterocycles. The lowest BCUT2D eigenvalue weighted by Gasteiger charge is -2.17. The highest BCUT2D eigenvalue weighted by Gasteiger charge is 2.06. The highest BCUT2D eigenvalue weighted by Crippen LogP contribution is 2.21. The van der Waals surface area contributed by atoms with E-state index in [1.54, 1.807) is 6.07 Å². The summed E-state index contributed by atoms with van der Waals surface area (Å²) in [6.07, 6.45) is 0.938. The molecule has 0 bridgehead atoms. The zero-order chi connectivity index (χ0) is 12.1. The average Bonchev–Trinajstić information content (AvgIpc) is 2.20. The quantitative estimate of drug-likeness (QED) is 0.837. The van der Waals surface area contributed by atoms with Crippen LogP contribution in [0.2, 0.25) is 10.0 Å². The van der Waals surface area contributed by atoms with Crippen molar-refractivity contribution >= 4 is 23.2 Å². The summed E-state index contributed by atoms with van der Waals surface area (Å²) in [4.78, 5) is 0. The first-order chi connectivity index (χ1) is 7.50. The highest BCUT2D eigenvalue weighted by molar-refractivity contribution is 6.35. The molecular weight excluding hydrogens is 241 g/mol. The Labute approximate surface area is 108 Å². The molecule has 0 aliphatic heterocycles. The van der Waals surface area contributed by atoms with Crippen molar-refractivity contribution in [2.24, 2.45) is 5.92 Å². The minimum Gasteiger partial charge on any atom is -0.314 e. The predicted octanol–water partition coefficient (Wildman–Crippen LogP) is 4.17. The lowest BCUT2D eigenvalue weighted by atomic mass is 10.1. The fourth-order valence-corrected chi connectivity index (χ4v) is 1.90. The molecule has 1 nitrogen and oxygen atoms in total. The molecule has 1 rings (SSSR count). The molecule has 0 aliphatic rings. The van der Waals surface area contributed by atoms with Gasteiger partial charge >= 0.3 is 0 Å². The standard InChI is InChI=1S/C13H19Cl2N/c1-9(2)10(3)16-7-6-11-4-5-12(14)8-13(11)15/h4-5,8-10,16H,6-7H2,1-3H3. The zero-order valence-electron chi connectivity index (χ0n) is 10.1. The molecule has 0 spiro atoms. The molecule has 0 saturated carbocycles. The van der Waals surface area contributed by atoms with Gasteiger partial charge in [-0.2, -0.15) is 0 Å². The van der Waals surface area contributed by atoms with Crippen LogP contribution in [0.15, 0.2) is 18.2 Å². The van der Waals surface area contributed by atoms with Crippen LogP contribution in [-0.2, 0) is 6.42 Å². The van der Waals surface area contributed by atoms with E-state index in [4.69, 9.17) is 23.2 Å². The fourth-order valence-electron chi connectivity index (χ4n) is 1.39. The Bertz CT molecular complexity index is 337. The van der Waals surface area contributed by atoms with Gasteiger partial charge in [0, 0.05) is 16.1 Å². The maximum Gasteiger partial charge on any atom is 0.0453 e. The maximum absolute atomic E-state index is 6.10. The monoisotopic (exact) mass is 259 g/mol. The van der Waals surface area contributed by atoms with Gasteiger partial charge in [0.2, 0.25) is 0 Å². The summed E-state index contributed by atoms with van der Waals surface area (Å²) in [6, 6.07) is 6.21. The Hall–Kier alpha value is -0.240. The van der Waals surface area contributed by atoms with Gasteiger partial charge in [-0.15, -0.1) is 0 Å². The van der Waals surface area contributed by atoms with Crippen molar-refractivity contribution < 1.29 is 0 Å². The lowest BCUT2D eigenvalue weighted by Crippen LogP contribution is -2.32. The van der Waals surface area contributed by atoms with E-state index in [0.717, 1.165) is 23.6 Å². The van der Waals surface area contributed by atoms with E-state index in [0.29, 0.717) is 17.0 Å². The lowest BCUT2D eigenvalue weighted by molar-refractivity contribution is 0.430. The van der Waals surface area contributed by atoms with Crippen molar-refractivity contribution in [3.8, 4) is 0 Å². The second-order valence-electron chi connectivity index (χ2n) is 4.47. The summed E-state index contributed by atoms with van der Waals surface area (Å²) in [5, 5.41) is 4.93. The Morgan fingerprint density at radius 2 is 1.88 bits per heavy atom. The fraction of sp³-hybridized carbons (Fsp3) is 0.538. The largest absolute Gasteiger partial charge is 0.314 e. The summed E-state index contributed by atoms with van der Waals surface area (Å²) in [5.41, 5.74) is 1.15. The molecular formula is C13H19Cl2N. The van der Waals surface area contributed by atoms with Crippen LogP contribution in [0.5, 0.6) is 0 Å². The van der Waals surface area contributed by atoms with Crippen LogP contribution in [0.25, 0.3) is 0 Å². The molecule has 90 valence electrons. The maximum atomic E-state index is 6.10. The van der Waals surface area contributed by atoms with Crippen molar-refractivity contribution in [3.63, 3.8) is 0 Å². The van der Waals surface area contributed by atoms with Crippen LogP contribution < -0.4 is 5.32 Å². The minimum atomic E-state index is 0.533. The van der Waals surface area contributed by atoms with Crippen LogP contribution >= 0.6 is 23.2 Å². The number of hydrogen-bond donors (Lipinski definition) is 1. The third-order valence-electron chi connectivity index (χ3n) is 2.88. The van der Waals surface area contributed by atoms with Crippen molar-refractivity contribution in [3.05, 3.63) is 33.8 Å². The van der Waals surface area contributed by atoms with Crippen LogP contribution in [0, 0.1) is 5.92 Å². The molecule has 0 fully saturated rings. The number of rotatable bonds is 5. The molecule has 0 aliphatic carbocycles. The van der Waals surface area contributed by atoms with Gasteiger partial charge in [-0.25, -0.2) is 0 Å². The Morgan fingerprint density at radius 1 is 1.19 bits per heavy atom. The molecule has 1 unspecified atom stereocenters. The number of benzene rings is 1. The van der Waals surface area contributed by atoms with Crippen LogP contribution in [0.4, 0.5) is 0 Å². The topological polar surface area (TPSA) is 12.0 Å². The normalized spacial score (nSPS) is 13.1. The Morgan fingerprint density at radius 3 is 2.44 bits per heavy atom. The van der Waals surface area contributed by atoms with Gasteiger partial charge in [0.1, 0.15) is 0 Å². The Kier molecular flexibility index (Phi) is 5.60. The van der Waals surface area contributed by atoms with Crippen LogP contribution in [0.1, 0.15) is 26.3 Å². The summed E-state index contributed by atoms with van der Waals surface area (Å²) >= 11 is 11.9. The summed E-state index contributed by atoms with van der Waals surface area (Å²) in [5.74, 6) is 0.653. The van der Waals surface area contributed by atoms with Gasteiger partial charge in [-0.05, 0) is 43.5 Å². The smallest absolute Gasteiger partial charge is 0.0453 e. The first kappa shape index (κ1) is 13.8. The Balaban J connectivity index is 2.43. The van der Waals surface area contributed by atoms with Crippen molar-refractivity contribution in [2.45, 2.75) is 33.2 Å². The van der Waals surface area contributed by atoms with Gasteiger partial charge in [0.25, 0.3) is 0 Å². The summed E-state index contributed by atoms with van der Waals surface area (Å²) < 4.78 is 0. The van der Waals surface area contributed by atoms with E-state index in [1.165, 1.54) is 0 Å².